The average Bonchev–Trinajstić information content (AvgIpc) is 2.89. The van der Waals surface area contributed by atoms with Crippen LogP contribution in [0, 0.1) is 6.92 Å². The Morgan fingerprint density at radius 2 is 1.91 bits per heavy atom. The second-order valence-electron chi connectivity index (χ2n) is 6.22. The summed E-state index contributed by atoms with van der Waals surface area (Å²) in [7, 11) is 0. The number of aromatic nitrogens is 2. The summed E-state index contributed by atoms with van der Waals surface area (Å²) < 4.78 is 1.83. The molecule has 2 rings (SSSR count). The van der Waals surface area contributed by atoms with Crippen LogP contribution in [0.1, 0.15) is 61.0 Å². The van der Waals surface area contributed by atoms with Crippen molar-refractivity contribution in [3.63, 3.8) is 0 Å². The number of aliphatic hydroxyl groups is 1. The molecule has 0 spiro atoms. The standard InChI is InChI=1S/C18H25N3O2/c1-12(2)21-14(4)16(11-19-21)18(23)20-13(3)10-17(22)15-8-6-5-7-9-15/h5-9,11-13,17,22H,10H2,1-4H3,(H,20,23). The molecular formula is C18H25N3O2. The van der Waals surface area contributed by atoms with E-state index in [9.17, 15) is 9.90 Å². The molecule has 5 heteroatoms. The zero-order valence-electron chi connectivity index (χ0n) is 14.2. The summed E-state index contributed by atoms with van der Waals surface area (Å²) in [5.74, 6) is -0.151. The molecule has 1 aromatic carbocycles. The molecule has 0 radical (unpaired) electrons. The summed E-state index contributed by atoms with van der Waals surface area (Å²) in [6, 6.07) is 9.55. The van der Waals surface area contributed by atoms with Crippen LogP contribution in [0.15, 0.2) is 36.5 Å². The minimum Gasteiger partial charge on any atom is -0.388 e. The summed E-state index contributed by atoms with van der Waals surface area (Å²) in [5, 5.41) is 17.4. The Hall–Kier alpha value is -2.14. The Balaban J connectivity index is 1.97. The molecule has 1 heterocycles. The molecular weight excluding hydrogens is 290 g/mol. The fourth-order valence-corrected chi connectivity index (χ4v) is 2.67. The molecule has 2 unspecified atom stereocenters. The van der Waals surface area contributed by atoms with Gasteiger partial charge < -0.3 is 10.4 Å². The SMILES string of the molecule is Cc1c(C(=O)NC(C)CC(O)c2ccccc2)cnn1C(C)C. The third-order valence-corrected chi connectivity index (χ3v) is 3.92. The van der Waals surface area contributed by atoms with Crippen molar-refractivity contribution in [3.8, 4) is 0 Å². The lowest BCUT2D eigenvalue weighted by Crippen LogP contribution is -2.34. The van der Waals surface area contributed by atoms with E-state index in [4.69, 9.17) is 0 Å². The van der Waals surface area contributed by atoms with Crippen molar-refractivity contribution in [2.45, 2.75) is 52.3 Å². The second kappa shape index (κ2) is 7.42. The quantitative estimate of drug-likeness (QED) is 0.861. The Morgan fingerprint density at radius 1 is 1.26 bits per heavy atom. The van der Waals surface area contributed by atoms with Crippen LogP contribution in [0.5, 0.6) is 0 Å². The molecule has 0 saturated carbocycles. The van der Waals surface area contributed by atoms with Crippen molar-refractivity contribution < 1.29 is 9.90 Å². The molecule has 0 aliphatic rings. The summed E-state index contributed by atoms with van der Waals surface area (Å²) >= 11 is 0. The van der Waals surface area contributed by atoms with E-state index in [2.05, 4.69) is 10.4 Å². The predicted octanol–water partition coefficient (Wildman–Crippen LogP) is 3.01. The summed E-state index contributed by atoms with van der Waals surface area (Å²) in [4.78, 5) is 12.4. The topological polar surface area (TPSA) is 67.2 Å². The van der Waals surface area contributed by atoms with Crippen molar-refractivity contribution >= 4 is 5.91 Å². The molecule has 2 aromatic rings. The first-order valence-corrected chi connectivity index (χ1v) is 7.98. The molecule has 0 aliphatic carbocycles. The van der Waals surface area contributed by atoms with Crippen LogP contribution >= 0.6 is 0 Å². The molecule has 0 aliphatic heterocycles. The molecule has 0 fully saturated rings. The smallest absolute Gasteiger partial charge is 0.254 e. The van der Waals surface area contributed by atoms with Gasteiger partial charge in [-0.2, -0.15) is 5.10 Å². The van der Waals surface area contributed by atoms with Crippen molar-refractivity contribution in [2.75, 3.05) is 0 Å². The number of aliphatic hydroxyl groups excluding tert-OH is 1. The van der Waals surface area contributed by atoms with E-state index in [0.717, 1.165) is 11.3 Å². The van der Waals surface area contributed by atoms with Crippen molar-refractivity contribution in [1.82, 2.24) is 15.1 Å². The maximum atomic E-state index is 12.4. The molecule has 5 nitrogen and oxygen atoms in total. The molecule has 124 valence electrons. The monoisotopic (exact) mass is 315 g/mol. The third-order valence-electron chi connectivity index (χ3n) is 3.92. The number of hydrogen-bond acceptors (Lipinski definition) is 3. The highest BCUT2D eigenvalue weighted by Gasteiger charge is 2.19. The van der Waals surface area contributed by atoms with Gasteiger partial charge in [0.2, 0.25) is 0 Å². The Morgan fingerprint density at radius 3 is 2.48 bits per heavy atom. The van der Waals surface area contributed by atoms with Crippen LogP contribution in [0.25, 0.3) is 0 Å². The predicted molar refractivity (Wildman–Crippen MR) is 90.3 cm³/mol. The van der Waals surface area contributed by atoms with E-state index in [1.54, 1.807) is 6.20 Å². The van der Waals surface area contributed by atoms with Gasteiger partial charge in [-0.05, 0) is 39.7 Å². The van der Waals surface area contributed by atoms with Crippen molar-refractivity contribution in [1.29, 1.82) is 0 Å². The minimum atomic E-state index is -0.592. The first-order valence-electron chi connectivity index (χ1n) is 7.98. The van der Waals surface area contributed by atoms with Crippen molar-refractivity contribution in [3.05, 3.63) is 53.3 Å². The van der Waals surface area contributed by atoms with E-state index >= 15 is 0 Å². The highest BCUT2D eigenvalue weighted by Crippen LogP contribution is 2.18. The number of rotatable bonds is 6. The van der Waals surface area contributed by atoms with E-state index in [-0.39, 0.29) is 18.0 Å². The van der Waals surface area contributed by atoms with Gasteiger partial charge in [0.25, 0.3) is 5.91 Å². The van der Waals surface area contributed by atoms with Gasteiger partial charge in [0.1, 0.15) is 0 Å². The third kappa shape index (κ3) is 4.20. The van der Waals surface area contributed by atoms with Crippen LogP contribution in [-0.4, -0.2) is 26.8 Å². The van der Waals surface area contributed by atoms with Gasteiger partial charge in [0, 0.05) is 17.8 Å². The molecule has 2 N–H and O–H groups in total. The lowest BCUT2D eigenvalue weighted by Gasteiger charge is -2.18. The van der Waals surface area contributed by atoms with Crippen LogP contribution < -0.4 is 5.32 Å². The highest BCUT2D eigenvalue weighted by molar-refractivity contribution is 5.95. The Labute approximate surface area is 137 Å². The maximum absolute atomic E-state index is 12.4. The highest BCUT2D eigenvalue weighted by atomic mass is 16.3. The molecule has 0 saturated heterocycles. The van der Waals surface area contributed by atoms with Crippen LogP contribution in [0.3, 0.4) is 0 Å². The number of nitrogens with one attached hydrogen (secondary N) is 1. The number of hydrogen-bond donors (Lipinski definition) is 2. The summed E-state index contributed by atoms with van der Waals surface area (Å²) in [6.45, 7) is 7.85. The Bertz CT molecular complexity index is 650. The number of carbonyl (C=O) groups excluding carboxylic acids is 1. The van der Waals surface area contributed by atoms with Crippen LogP contribution in [0.4, 0.5) is 0 Å². The lowest BCUT2D eigenvalue weighted by atomic mass is 10.0. The Kier molecular flexibility index (Phi) is 5.55. The fourth-order valence-electron chi connectivity index (χ4n) is 2.67. The number of nitrogens with zero attached hydrogens (tertiary/aromatic N) is 2. The first-order chi connectivity index (χ1) is 10.9. The van der Waals surface area contributed by atoms with Gasteiger partial charge in [-0.15, -0.1) is 0 Å². The summed E-state index contributed by atoms with van der Waals surface area (Å²) in [5.41, 5.74) is 2.30. The first kappa shape index (κ1) is 17.2. The van der Waals surface area contributed by atoms with Gasteiger partial charge in [0.15, 0.2) is 0 Å². The average molecular weight is 315 g/mol. The van der Waals surface area contributed by atoms with Gasteiger partial charge in [-0.3, -0.25) is 9.48 Å². The zero-order valence-corrected chi connectivity index (χ0v) is 14.2. The molecule has 1 amide bonds. The van der Waals surface area contributed by atoms with E-state index < -0.39 is 6.10 Å². The number of carbonyl (C=O) groups is 1. The van der Waals surface area contributed by atoms with Gasteiger partial charge >= 0.3 is 0 Å². The van der Waals surface area contributed by atoms with Crippen molar-refractivity contribution in [2.24, 2.45) is 0 Å². The van der Waals surface area contributed by atoms with Gasteiger partial charge in [-0.25, -0.2) is 0 Å². The van der Waals surface area contributed by atoms with Crippen LogP contribution in [-0.2, 0) is 0 Å². The maximum Gasteiger partial charge on any atom is 0.254 e. The van der Waals surface area contributed by atoms with E-state index in [0.29, 0.717) is 12.0 Å². The fraction of sp³-hybridized carbons (Fsp3) is 0.444. The summed E-state index contributed by atoms with van der Waals surface area (Å²) in [6.07, 6.45) is 1.48. The lowest BCUT2D eigenvalue weighted by molar-refractivity contribution is 0.0916. The van der Waals surface area contributed by atoms with E-state index in [1.807, 2.05) is 62.7 Å². The molecule has 1 aromatic heterocycles. The number of benzene rings is 1. The number of amides is 1. The van der Waals surface area contributed by atoms with Crippen LogP contribution in [0.2, 0.25) is 0 Å². The minimum absolute atomic E-state index is 0.139. The van der Waals surface area contributed by atoms with E-state index in [1.165, 1.54) is 0 Å². The van der Waals surface area contributed by atoms with Gasteiger partial charge in [0.05, 0.1) is 17.9 Å². The molecule has 23 heavy (non-hydrogen) atoms. The van der Waals surface area contributed by atoms with Gasteiger partial charge in [-0.1, -0.05) is 30.3 Å². The molecule has 2 atom stereocenters. The second-order valence-corrected chi connectivity index (χ2v) is 6.22. The largest absolute Gasteiger partial charge is 0.388 e. The zero-order chi connectivity index (χ0) is 17.0. The molecule has 0 bridgehead atoms. The normalized spacial score (nSPS) is 13.8.